The predicted octanol–water partition coefficient (Wildman–Crippen LogP) is 4.15. The fourth-order valence-electron chi connectivity index (χ4n) is 3.24. The molecule has 3 rings (SSSR count). The summed E-state index contributed by atoms with van der Waals surface area (Å²) in [6.45, 7) is 3.85. The number of aromatic carboxylic acids is 1. The largest absolute Gasteiger partial charge is 0.504 e. The highest BCUT2D eigenvalue weighted by Crippen LogP contribution is 2.32. The second-order valence-corrected chi connectivity index (χ2v) is 7.67. The van der Waals surface area contributed by atoms with E-state index in [9.17, 15) is 9.90 Å². The Labute approximate surface area is 191 Å². The fourth-order valence-corrected chi connectivity index (χ4v) is 3.40. The van der Waals surface area contributed by atoms with E-state index in [0.717, 1.165) is 18.4 Å². The molecular weight excluding hydrogens is 426 g/mol. The summed E-state index contributed by atoms with van der Waals surface area (Å²) in [6, 6.07) is 14.2. The molecule has 0 atom stereocenters. The van der Waals surface area contributed by atoms with Crippen LogP contribution < -0.4 is 10.7 Å². The first kappa shape index (κ1) is 23.0. The van der Waals surface area contributed by atoms with Gasteiger partial charge in [0.15, 0.2) is 16.6 Å². The Hall–Kier alpha value is -3.72. The third-order valence-electron chi connectivity index (χ3n) is 4.85. The standard InChI is InChI=1S/C23H25N5O3S/c1-4-5-15-6-8-16(9-7-15)20-21(29)19(27-28(20)3)14(2)25-26-23(32)24-18-12-10-17(11-13-18)22(30)31/h6-13,29H,4-5H2,1-3H3,(H,30,31)(H2,24,26,32). The van der Waals surface area contributed by atoms with Gasteiger partial charge >= 0.3 is 5.97 Å². The Kier molecular flexibility index (Phi) is 7.21. The molecule has 0 unspecified atom stereocenters. The lowest BCUT2D eigenvalue weighted by molar-refractivity contribution is 0.0697. The maximum atomic E-state index is 10.9. The van der Waals surface area contributed by atoms with Gasteiger partial charge in [0.25, 0.3) is 0 Å². The predicted molar refractivity (Wildman–Crippen MR) is 129 cm³/mol. The number of benzene rings is 2. The van der Waals surface area contributed by atoms with Crippen molar-refractivity contribution < 1.29 is 15.0 Å². The first-order valence-electron chi connectivity index (χ1n) is 10.1. The molecular formula is C23H25N5O3S. The van der Waals surface area contributed by atoms with Crippen molar-refractivity contribution in [2.45, 2.75) is 26.7 Å². The molecule has 1 heterocycles. The van der Waals surface area contributed by atoms with Gasteiger partial charge < -0.3 is 15.5 Å². The van der Waals surface area contributed by atoms with Crippen LogP contribution in [-0.4, -0.2) is 36.8 Å². The Morgan fingerprint density at radius 1 is 1.16 bits per heavy atom. The van der Waals surface area contributed by atoms with E-state index >= 15 is 0 Å². The van der Waals surface area contributed by atoms with Crippen molar-refractivity contribution in [2.24, 2.45) is 12.1 Å². The molecule has 3 aromatic rings. The number of carboxylic acids is 1. The zero-order valence-corrected chi connectivity index (χ0v) is 18.9. The molecule has 8 nitrogen and oxygen atoms in total. The summed E-state index contributed by atoms with van der Waals surface area (Å²) in [4.78, 5) is 10.9. The quantitative estimate of drug-likeness (QED) is 0.242. The molecule has 166 valence electrons. The van der Waals surface area contributed by atoms with Gasteiger partial charge in [-0.05, 0) is 55.4 Å². The second-order valence-electron chi connectivity index (χ2n) is 7.26. The van der Waals surface area contributed by atoms with Crippen LogP contribution >= 0.6 is 12.2 Å². The Balaban J connectivity index is 1.71. The average molecular weight is 452 g/mol. The van der Waals surface area contributed by atoms with Crippen LogP contribution in [0.4, 0.5) is 5.69 Å². The van der Waals surface area contributed by atoms with E-state index in [1.54, 1.807) is 30.8 Å². The molecule has 0 radical (unpaired) electrons. The third kappa shape index (κ3) is 5.30. The van der Waals surface area contributed by atoms with Crippen LogP contribution in [0.3, 0.4) is 0 Å². The normalized spacial score (nSPS) is 11.3. The minimum Gasteiger partial charge on any atom is -0.504 e. The van der Waals surface area contributed by atoms with Crippen molar-refractivity contribution in [3.8, 4) is 17.0 Å². The summed E-state index contributed by atoms with van der Waals surface area (Å²) < 4.78 is 1.62. The number of nitrogens with zero attached hydrogens (tertiary/aromatic N) is 3. The van der Waals surface area contributed by atoms with E-state index in [1.165, 1.54) is 17.7 Å². The third-order valence-corrected chi connectivity index (χ3v) is 5.04. The van der Waals surface area contributed by atoms with E-state index in [1.807, 2.05) is 12.1 Å². The minimum absolute atomic E-state index is 0.0435. The van der Waals surface area contributed by atoms with Crippen molar-refractivity contribution in [3.63, 3.8) is 0 Å². The molecule has 1 aromatic heterocycles. The van der Waals surface area contributed by atoms with Crippen LogP contribution in [0.5, 0.6) is 5.75 Å². The maximum absolute atomic E-state index is 10.9. The molecule has 0 bridgehead atoms. The number of nitrogens with one attached hydrogen (secondary N) is 2. The van der Waals surface area contributed by atoms with Crippen molar-refractivity contribution in [3.05, 3.63) is 65.4 Å². The lowest BCUT2D eigenvalue weighted by atomic mass is 10.0. The van der Waals surface area contributed by atoms with Gasteiger partial charge in [-0.1, -0.05) is 37.6 Å². The van der Waals surface area contributed by atoms with E-state index < -0.39 is 5.97 Å². The second kappa shape index (κ2) is 10.1. The van der Waals surface area contributed by atoms with Gasteiger partial charge in [-0.15, -0.1) is 0 Å². The molecule has 0 fully saturated rings. The molecule has 2 aromatic carbocycles. The number of hydrogen-bond acceptors (Lipinski definition) is 5. The number of hydrogen-bond donors (Lipinski definition) is 4. The Morgan fingerprint density at radius 2 is 1.81 bits per heavy atom. The first-order chi connectivity index (χ1) is 15.3. The highest BCUT2D eigenvalue weighted by atomic mass is 32.1. The number of thiocarbonyl (C=S) groups is 1. The van der Waals surface area contributed by atoms with E-state index in [-0.39, 0.29) is 16.4 Å². The lowest BCUT2D eigenvalue weighted by Crippen LogP contribution is -2.25. The van der Waals surface area contributed by atoms with Crippen LogP contribution in [0.25, 0.3) is 11.3 Å². The van der Waals surface area contributed by atoms with Gasteiger partial charge in [0, 0.05) is 18.3 Å². The molecule has 32 heavy (non-hydrogen) atoms. The van der Waals surface area contributed by atoms with Gasteiger partial charge in [0.1, 0.15) is 5.69 Å². The van der Waals surface area contributed by atoms with Crippen LogP contribution in [0.2, 0.25) is 0 Å². The van der Waals surface area contributed by atoms with Gasteiger partial charge in [-0.3, -0.25) is 10.1 Å². The van der Waals surface area contributed by atoms with Gasteiger partial charge in [0.2, 0.25) is 0 Å². The summed E-state index contributed by atoms with van der Waals surface area (Å²) in [7, 11) is 1.77. The number of aromatic hydroxyl groups is 1. The molecule has 9 heteroatoms. The Morgan fingerprint density at radius 3 is 2.41 bits per heavy atom. The summed E-state index contributed by atoms with van der Waals surface area (Å²) in [5, 5.41) is 31.5. The maximum Gasteiger partial charge on any atom is 0.335 e. The summed E-state index contributed by atoms with van der Waals surface area (Å²) >= 11 is 5.23. The first-order valence-corrected chi connectivity index (χ1v) is 10.5. The van der Waals surface area contributed by atoms with Crippen molar-refractivity contribution in [1.82, 2.24) is 15.2 Å². The number of aromatic nitrogens is 2. The molecule has 0 amide bonds. The fraction of sp³-hybridized carbons (Fsp3) is 0.217. The molecule has 0 aliphatic heterocycles. The minimum atomic E-state index is -0.996. The van der Waals surface area contributed by atoms with E-state index in [0.29, 0.717) is 22.8 Å². The molecule has 0 aliphatic carbocycles. The van der Waals surface area contributed by atoms with Gasteiger partial charge in [-0.2, -0.15) is 10.2 Å². The van der Waals surface area contributed by atoms with Crippen LogP contribution in [0, 0.1) is 0 Å². The summed E-state index contributed by atoms with van der Waals surface area (Å²) in [5.41, 5.74) is 7.05. The average Bonchev–Trinajstić information content (AvgIpc) is 3.07. The van der Waals surface area contributed by atoms with E-state index in [2.05, 4.69) is 40.0 Å². The van der Waals surface area contributed by atoms with Gasteiger partial charge in [-0.25, -0.2) is 4.79 Å². The highest BCUT2D eigenvalue weighted by Gasteiger charge is 2.19. The molecule has 4 N–H and O–H groups in total. The van der Waals surface area contributed by atoms with Crippen LogP contribution in [-0.2, 0) is 13.5 Å². The van der Waals surface area contributed by atoms with Crippen LogP contribution in [0.15, 0.2) is 53.6 Å². The number of aryl methyl sites for hydroxylation is 2. The van der Waals surface area contributed by atoms with Crippen molar-refractivity contribution >= 4 is 34.7 Å². The number of carboxylic acid groups (broad SMARTS) is 1. The highest BCUT2D eigenvalue weighted by molar-refractivity contribution is 7.80. The number of hydrazone groups is 1. The van der Waals surface area contributed by atoms with Crippen LogP contribution in [0.1, 0.15) is 41.9 Å². The topological polar surface area (TPSA) is 112 Å². The van der Waals surface area contributed by atoms with Crippen molar-refractivity contribution in [1.29, 1.82) is 0 Å². The summed E-state index contributed by atoms with van der Waals surface area (Å²) in [5.74, 6) is -0.953. The summed E-state index contributed by atoms with van der Waals surface area (Å²) in [6.07, 6.45) is 2.09. The molecule has 0 saturated carbocycles. The lowest BCUT2D eigenvalue weighted by Gasteiger charge is -2.08. The monoisotopic (exact) mass is 451 g/mol. The number of rotatable bonds is 7. The van der Waals surface area contributed by atoms with Crippen molar-refractivity contribution in [2.75, 3.05) is 5.32 Å². The Bertz CT molecular complexity index is 1150. The molecule has 0 saturated heterocycles. The zero-order valence-electron chi connectivity index (χ0n) is 18.1. The molecule has 0 aliphatic rings. The SMILES string of the molecule is CCCc1ccc(-c2c(O)c(C(C)=NNC(=S)Nc3ccc(C(=O)O)cc3)nn2C)cc1. The molecule has 0 spiro atoms. The smallest absolute Gasteiger partial charge is 0.335 e. The van der Waals surface area contributed by atoms with Gasteiger partial charge in [0.05, 0.1) is 11.3 Å². The zero-order chi connectivity index (χ0) is 23.3. The number of carbonyl (C=O) groups is 1. The number of anilines is 1. The van der Waals surface area contributed by atoms with E-state index in [4.69, 9.17) is 17.3 Å².